The molecule has 0 aliphatic carbocycles. The second-order valence-electron chi connectivity index (χ2n) is 4.77. The van der Waals surface area contributed by atoms with Gasteiger partial charge in [0.25, 0.3) is 0 Å². The number of hydrogen-bond donors (Lipinski definition) is 1. The van der Waals surface area contributed by atoms with Gasteiger partial charge >= 0.3 is 0 Å². The lowest BCUT2D eigenvalue weighted by Crippen LogP contribution is -1.96. The van der Waals surface area contributed by atoms with Crippen LogP contribution in [0.4, 0.5) is 5.69 Å². The number of aryl methyl sites for hydroxylation is 1. The summed E-state index contributed by atoms with van der Waals surface area (Å²) in [6, 6.07) is 19.5. The van der Waals surface area contributed by atoms with Gasteiger partial charge in [0.05, 0.1) is 28.8 Å². The van der Waals surface area contributed by atoms with Crippen molar-refractivity contribution >= 4 is 23.5 Å². The smallest absolute Gasteiger partial charge is 0.142 e. The molecule has 0 radical (unpaired) electrons. The molecule has 0 atom stereocenters. The topological polar surface area (TPSA) is 42.2 Å². The van der Waals surface area contributed by atoms with E-state index in [0.29, 0.717) is 5.15 Å². The Morgan fingerprint density at radius 3 is 2.36 bits per heavy atom. The summed E-state index contributed by atoms with van der Waals surface area (Å²) in [4.78, 5) is 0. The monoisotopic (exact) mass is 310 g/mol. The summed E-state index contributed by atoms with van der Waals surface area (Å²) in [5.74, 6) is 0. The average Bonchev–Trinajstić information content (AvgIpc) is 2.85. The number of benzene rings is 2. The quantitative estimate of drug-likeness (QED) is 0.577. The number of hydrogen-bond acceptors (Lipinski definition) is 3. The summed E-state index contributed by atoms with van der Waals surface area (Å²) in [6.07, 6.45) is 1.69. The van der Waals surface area contributed by atoms with Gasteiger partial charge in [-0.05, 0) is 31.2 Å². The first-order valence-corrected chi connectivity index (χ1v) is 7.28. The van der Waals surface area contributed by atoms with Gasteiger partial charge in [-0.3, -0.25) is 5.43 Å². The largest absolute Gasteiger partial charge is 0.279 e. The molecule has 0 amide bonds. The van der Waals surface area contributed by atoms with Crippen LogP contribution in [0.15, 0.2) is 65.8 Å². The molecule has 0 saturated carbocycles. The Hall–Kier alpha value is -2.59. The third kappa shape index (κ3) is 3.02. The lowest BCUT2D eigenvalue weighted by atomic mass is 10.3. The van der Waals surface area contributed by atoms with Crippen LogP contribution in [0.2, 0.25) is 5.15 Å². The fourth-order valence-corrected chi connectivity index (χ4v) is 2.40. The molecule has 4 nitrogen and oxygen atoms in total. The molecule has 110 valence electrons. The van der Waals surface area contributed by atoms with E-state index in [2.05, 4.69) is 15.6 Å². The Morgan fingerprint density at radius 2 is 1.68 bits per heavy atom. The molecule has 0 saturated heterocycles. The fraction of sp³-hybridized carbons (Fsp3) is 0.0588. The van der Waals surface area contributed by atoms with Gasteiger partial charge in [0, 0.05) is 0 Å². The summed E-state index contributed by atoms with van der Waals surface area (Å²) in [7, 11) is 0. The normalized spacial score (nSPS) is 11.0. The van der Waals surface area contributed by atoms with Crippen LogP contribution in [-0.2, 0) is 0 Å². The Morgan fingerprint density at radius 1 is 1.05 bits per heavy atom. The first-order chi connectivity index (χ1) is 10.8. The van der Waals surface area contributed by atoms with Crippen molar-refractivity contribution in [2.24, 2.45) is 5.10 Å². The molecule has 2 aromatic carbocycles. The molecular weight excluding hydrogens is 296 g/mol. The standard InChI is InChI=1S/C17H15ClN4/c1-13-16(12-19-20-14-8-4-2-5-9-14)17(18)22(21-13)15-10-6-3-7-11-15/h2-12,20H,1H3. The Bertz CT molecular complexity index is 779. The zero-order valence-electron chi connectivity index (χ0n) is 12.1. The first-order valence-electron chi connectivity index (χ1n) is 6.90. The molecule has 3 rings (SSSR count). The number of nitrogens with zero attached hydrogens (tertiary/aromatic N) is 3. The van der Waals surface area contributed by atoms with E-state index in [0.717, 1.165) is 22.6 Å². The minimum absolute atomic E-state index is 0.544. The molecule has 0 bridgehead atoms. The van der Waals surface area contributed by atoms with E-state index < -0.39 is 0 Å². The van der Waals surface area contributed by atoms with Crippen LogP contribution in [-0.4, -0.2) is 16.0 Å². The van der Waals surface area contributed by atoms with Gasteiger partial charge in [0.15, 0.2) is 0 Å². The maximum absolute atomic E-state index is 6.43. The number of anilines is 1. The predicted molar refractivity (Wildman–Crippen MR) is 91.0 cm³/mol. The average molecular weight is 311 g/mol. The highest BCUT2D eigenvalue weighted by Gasteiger charge is 2.12. The van der Waals surface area contributed by atoms with E-state index in [9.17, 15) is 0 Å². The zero-order valence-corrected chi connectivity index (χ0v) is 12.8. The summed E-state index contributed by atoms with van der Waals surface area (Å²) in [5.41, 5.74) is 6.44. The van der Waals surface area contributed by atoms with E-state index in [1.165, 1.54) is 0 Å². The molecule has 1 N–H and O–H groups in total. The van der Waals surface area contributed by atoms with Crippen LogP contribution in [0.5, 0.6) is 0 Å². The van der Waals surface area contributed by atoms with Gasteiger partial charge in [0.1, 0.15) is 5.15 Å². The van der Waals surface area contributed by atoms with Crippen molar-refractivity contribution in [3.8, 4) is 5.69 Å². The number of halogens is 1. The van der Waals surface area contributed by atoms with E-state index in [4.69, 9.17) is 11.6 Å². The SMILES string of the molecule is Cc1nn(-c2ccccc2)c(Cl)c1C=NNc1ccccc1. The van der Waals surface area contributed by atoms with Crippen molar-refractivity contribution in [1.82, 2.24) is 9.78 Å². The molecule has 1 aromatic heterocycles. The lowest BCUT2D eigenvalue weighted by molar-refractivity contribution is 0.863. The number of hydrazone groups is 1. The molecular formula is C17H15ClN4. The Labute approximate surface area is 134 Å². The fourth-order valence-electron chi connectivity index (χ4n) is 2.08. The molecule has 0 unspecified atom stereocenters. The molecule has 5 heteroatoms. The van der Waals surface area contributed by atoms with E-state index in [1.807, 2.05) is 67.6 Å². The van der Waals surface area contributed by atoms with Gasteiger partial charge in [-0.2, -0.15) is 10.2 Å². The lowest BCUT2D eigenvalue weighted by Gasteiger charge is -2.02. The minimum atomic E-state index is 0.544. The minimum Gasteiger partial charge on any atom is -0.279 e. The molecule has 0 aliphatic heterocycles. The van der Waals surface area contributed by atoms with Gasteiger partial charge < -0.3 is 0 Å². The second kappa shape index (κ2) is 6.45. The van der Waals surface area contributed by atoms with Crippen LogP contribution in [0.25, 0.3) is 5.69 Å². The number of aromatic nitrogens is 2. The zero-order chi connectivity index (χ0) is 15.4. The third-order valence-corrected chi connectivity index (χ3v) is 3.57. The van der Waals surface area contributed by atoms with Crippen molar-refractivity contribution in [2.75, 3.05) is 5.43 Å². The highest BCUT2D eigenvalue weighted by Crippen LogP contribution is 2.22. The van der Waals surface area contributed by atoms with E-state index in [1.54, 1.807) is 10.9 Å². The van der Waals surface area contributed by atoms with Crippen LogP contribution in [0, 0.1) is 6.92 Å². The maximum atomic E-state index is 6.43. The summed E-state index contributed by atoms with van der Waals surface area (Å²) >= 11 is 6.43. The second-order valence-corrected chi connectivity index (χ2v) is 5.13. The third-order valence-electron chi connectivity index (χ3n) is 3.21. The van der Waals surface area contributed by atoms with Gasteiger partial charge in [-0.1, -0.05) is 48.0 Å². The summed E-state index contributed by atoms with van der Waals surface area (Å²) in [5, 5.41) is 9.24. The van der Waals surface area contributed by atoms with Crippen molar-refractivity contribution in [3.63, 3.8) is 0 Å². The number of para-hydroxylation sites is 2. The molecule has 0 aliphatic rings. The van der Waals surface area contributed by atoms with E-state index in [-0.39, 0.29) is 0 Å². The molecule has 0 spiro atoms. The van der Waals surface area contributed by atoms with E-state index >= 15 is 0 Å². The Kier molecular flexibility index (Phi) is 4.21. The van der Waals surface area contributed by atoms with Crippen LogP contribution in [0.1, 0.15) is 11.3 Å². The number of rotatable bonds is 4. The van der Waals surface area contributed by atoms with Crippen molar-refractivity contribution < 1.29 is 0 Å². The maximum Gasteiger partial charge on any atom is 0.142 e. The summed E-state index contributed by atoms with van der Waals surface area (Å²) in [6.45, 7) is 1.91. The van der Waals surface area contributed by atoms with Crippen LogP contribution < -0.4 is 5.43 Å². The van der Waals surface area contributed by atoms with Gasteiger partial charge in [-0.15, -0.1) is 0 Å². The molecule has 3 aromatic rings. The van der Waals surface area contributed by atoms with Crippen molar-refractivity contribution in [1.29, 1.82) is 0 Å². The number of nitrogens with one attached hydrogen (secondary N) is 1. The van der Waals surface area contributed by atoms with Crippen molar-refractivity contribution in [2.45, 2.75) is 6.92 Å². The predicted octanol–water partition coefficient (Wildman–Crippen LogP) is 4.28. The molecule has 1 heterocycles. The summed E-state index contributed by atoms with van der Waals surface area (Å²) < 4.78 is 1.71. The highest BCUT2D eigenvalue weighted by atomic mass is 35.5. The van der Waals surface area contributed by atoms with Crippen molar-refractivity contribution in [3.05, 3.63) is 77.1 Å². The van der Waals surface area contributed by atoms with Gasteiger partial charge in [-0.25, -0.2) is 4.68 Å². The first kappa shape index (κ1) is 14.4. The van der Waals surface area contributed by atoms with Gasteiger partial charge in [0.2, 0.25) is 0 Å². The molecule has 0 fully saturated rings. The van der Waals surface area contributed by atoms with Crippen LogP contribution in [0.3, 0.4) is 0 Å². The van der Waals surface area contributed by atoms with Crippen LogP contribution >= 0.6 is 11.6 Å². The highest BCUT2D eigenvalue weighted by molar-refractivity contribution is 6.32. The molecule has 22 heavy (non-hydrogen) atoms. The Balaban J connectivity index is 1.84.